The van der Waals surface area contributed by atoms with Crippen LogP contribution in [-0.2, 0) is 9.53 Å². The summed E-state index contributed by atoms with van der Waals surface area (Å²) in [5.41, 5.74) is 2.84. The zero-order valence-corrected chi connectivity index (χ0v) is 14.5. The summed E-state index contributed by atoms with van der Waals surface area (Å²) in [7, 11) is 0. The lowest BCUT2D eigenvalue weighted by Gasteiger charge is -2.22. The van der Waals surface area contributed by atoms with Gasteiger partial charge in [-0.15, -0.1) is 0 Å². The standard InChI is InChI=1S/C22H24O2/c1-4-22(2,3)24-21(23)17-11-16-20(18-12-7-5-8-13-18)19-14-9-6-10-15-19/h5-17H,4H2,1-3H3/b17-11+. The minimum atomic E-state index is -0.438. The van der Waals surface area contributed by atoms with Crippen molar-refractivity contribution in [2.75, 3.05) is 0 Å². The van der Waals surface area contributed by atoms with E-state index in [0.29, 0.717) is 0 Å². The molecule has 2 aromatic rings. The van der Waals surface area contributed by atoms with Crippen molar-refractivity contribution in [3.8, 4) is 0 Å². The highest BCUT2D eigenvalue weighted by atomic mass is 16.6. The molecule has 0 fully saturated rings. The van der Waals surface area contributed by atoms with Crippen molar-refractivity contribution >= 4 is 11.5 Å². The third-order valence-electron chi connectivity index (χ3n) is 3.89. The Morgan fingerprint density at radius 3 is 1.92 bits per heavy atom. The van der Waals surface area contributed by atoms with Crippen molar-refractivity contribution in [1.29, 1.82) is 0 Å². The second-order valence-electron chi connectivity index (χ2n) is 6.21. The van der Waals surface area contributed by atoms with Gasteiger partial charge in [0.1, 0.15) is 5.60 Å². The number of carbonyl (C=O) groups is 1. The van der Waals surface area contributed by atoms with E-state index in [4.69, 9.17) is 4.74 Å². The van der Waals surface area contributed by atoms with Crippen LogP contribution in [0.4, 0.5) is 0 Å². The highest BCUT2D eigenvalue weighted by molar-refractivity contribution is 5.85. The summed E-state index contributed by atoms with van der Waals surface area (Å²) in [4.78, 5) is 11.9. The maximum Gasteiger partial charge on any atom is 0.331 e. The predicted molar refractivity (Wildman–Crippen MR) is 99.6 cm³/mol. The third-order valence-corrected chi connectivity index (χ3v) is 3.89. The van der Waals surface area contributed by atoms with Gasteiger partial charge >= 0.3 is 5.97 Å². The van der Waals surface area contributed by atoms with Gasteiger partial charge in [-0.2, -0.15) is 0 Å². The second kappa shape index (κ2) is 8.30. The number of esters is 1. The highest BCUT2D eigenvalue weighted by Crippen LogP contribution is 2.23. The van der Waals surface area contributed by atoms with Gasteiger partial charge in [-0.3, -0.25) is 0 Å². The summed E-state index contributed by atoms with van der Waals surface area (Å²) in [6.45, 7) is 5.82. The summed E-state index contributed by atoms with van der Waals surface area (Å²) in [5, 5.41) is 0. The van der Waals surface area contributed by atoms with Crippen LogP contribution in [0.2, 0.25) is 0 Å². The van der Waals surface area contributed by atoms with Gasteiger partial charge in [0.05, 0.1) is 0 Å². The molecule has 0 spiro atoms. The van der Waals surface area contributed by atoms with E-state index in [1.54, 1.807) is 6.08 Å². The Labute approximate surface area is 144 Å². The molecule has 0 aromatic heterocycles. The van der Waals surface area contributed by atoms with Crippen LogP contribution in [0.3, 0.4) is 0 Å². The van der Waals surface area contributed by atoms with Gasteiger partial charge < -0.3 is 4.74 Å². The Morgan fingerprint density at radius 1 is 0.958 bits per heavy atom. The van der Waals surface area contributed by atoms with Crippen molar-refractivity contribution in [3.63, 3.8) is 0 Å². The lowest BCUT2D eigenvalue weighted by atomic mass is 9.97. The Balaban J connectivity index is 2.24. The van der Waals surface area contributed by atoms with E-state index >= 15 is 0 Å². The van der Waals surface area contributed by atoms with Crippen LogP contribution in [0, 0.1) is 0 Å². The molecular formula is C22H24O2. The van der Waals surface area contributed by atoms with Gasteiger partial charge in [0.2, 0.25) is 0 Å². The van der Waals surface area contributed by atoms with Crippen LogP contribution in [-0.4, -0.2) is 11.6 Å². The van der Waals surface area contributed by atoms with Crippen molar-refractivity contribution < 1.29 is 9.53 Å². The molecule has 0 unspecified atom stereocenters. The topological polar surface area (TPSA) is 26.3 Å². The first kappa shape index (κ1) is 17.7. The fourth-order valence-corrected chi connectivity index (χ4v) is 2.20. The molecule has 2 nitrogen and oxygen atoms in total. The number of hydrogen-bond donors (Lipinski definition) is 0. The van der Waals surface area contributed by atoms with Crippen molar-refractivity contribution in [2.24, 2.45) is 0 Å². The molecule has 2 heteroatoms. The lowest BCUT2D eigenvalue weighted by Crippen LogP contribution is -2.25. The largest absolute Gasteiger partial charge is 0.457 e. The minimum absolute atomic E-state index is 0.321. The Bertz CT molecular complexity index is 669. The van der Waals surface area contributed by atoms with Crippen LogP contribution in [0.5, 0.6) is 0 Å². The Morgan fingerprint density at radius 2 is 1.46 bits per heavy atom. The van der Waals surface area contributed by atoms with Crippen LogP contribution in [0.1, 0.15) is 38.3 Å². The van der Waals surface area contributed by atoms with E-state index in [1.165, 1.54) is 6.08 Å². The SMILES string of the molecule is CCC(C)(C)OC(=O)/C=C/C=C(c1ccccc1)c1ccccc1. The number of hydrogen-bond acceptors (Lipinski definition) is 2. The van der Waals surface area contributed by atoms with Gasteiger partial charge in [-0.1, -0.05) is 79.7 Å². The number of allylic oxidation sites excluding steroid dienone is 2. The maximum atomic E-state index is 11.9. The van der Waals surface area contributed by atoms with Crippen LogP contribution < -0.4 is 0 Å². The van der Waals surface area contributed by atoms with Gasteiger partial charge in [-0.05, 0) is 37.0 Å². The third kappa shape index (κ3) is 5.24. The predicted octanol–water partition coefficient (Wildman–Crippen LogP) is 5.41. The van der Waals surface area contributed by atoms with Crippen molar-refractivity contribution in [1.82, 2.24) is 0 Å². The molecule has 0 heterocycles. The van der Waals surface area contributed by atoms with Gasteiger partial charge in [0.25, 0.3) is 0 Å². The van der Waals surface area contributed by atoms with Crippen LogP contribution in [0.25, 0.3) is 5.57 Å². The molecule has 0 aliphatic carbocycles. The molecule has 0 aliphatic heterocycles. The normalized spacial score (nSPS) is 11.3. The monoisotopic (exact) mass is 320 g/mol. The Kier molecular flexibility index (Phi) is 6.14. The molecule has 0 amide bonds. The average molecular weight is 320 g/mol. The van der Waals surface area contributed by atoms with Gasteiger partial charge in [0.15, 0.2) is 0 Å². The molecule has 0 atom stereocenters. The summed E-state index contributed by atoms with van der Waals surface area (Å²) in [6.07, 6.45) is 5.96. The average Bonchev–Trinajstić information content (AvgIpc) is 2.60. The summed E-state index contributed by atoms with van der Waals surface area (Å²) >= 11 is 0. The van der Waals surface area contributed by atoms with Crippen LogP contribution in [0.15, 0.2) is 78.9 Å². The van der Waals surface area contributed by atoms with E-state index in [9.17, 15) is 4.79 Å². The Hall–Kier alpha value is -2.61. The molecule has 0 bridgehead atoms. The number of ether oxygens (including phenoxy) is 1. The molecule has 2 aromatic carbocycles. The van der Waals surface area contributed by atoms with E-state index < -0.39 is 5.60 Å². The fourth-order valence-electron chi connectivity index (χ4n) is 2.20. The molecule has 0 N–H and O–H groups in total. The lowest BCUT2D eigenvalue weighted by molar-refractivity contribution is -0.150. The van der Waals surface area contributed by atoms with E-state index in [0.717, 1.165) is 23.1 Å². The quantitative estimate of drug-likeness (QED) is 0.404. The first-order valence-electron chi connectivity index (χ1n) is 8.24. The van der Waals surface area contributed by atoms with Crippen LogP contribution >= 0.6 is 0 Å². The summed E-state index contributed by atoms with van der Waals surface area (Å²) < 4.78 is 5.43. The van der Waals surface area contributed by atoms with Gasteiger partial charge in [0, 0.05) is 6.08 Å². The number of carbonyl (C=O) groups excluding carboxylic acids is 1. The molecule has 0 aliphatic rings. The molecule has 2 rings (SSSR count). The van der Waals surface area contributed by atoms with E-state index in [1.807, 2.05) is 63.2 Å². The number of rotatable bonds is 6. The van der Waals surface area contributed by atoms with E-state index in [2.05, 4.69) is 24.3 Å². The van der Waals surface area contributed by atoms with Crippen molar-refractivity contribution in [3.05, 3.63) is 90.0 Å². The van der Waals surface area contributed by atoms with Gasteiger partial charge in [-0.25, -0.2) is 4.79 Å². The highest BCUT2D eigenvalue weighted by Gasteiger charge is 2.18. The molecule has 0 saturated heterocycles. The molecule has 124 valence electrons. The summed E-state index contributed by atoms with van der Waals surface area (Å²) in [5.74, 6) is -0.321. The molecular weight excluding hydrogens is 296 g/mol. The number of benzene rings is 2. The first-order chi connectivity index (χ1) is 11.5. The van der Waals surface area contributed by atoms with Crippen molar-refractivity contribution in [2.45, 2.75) is 32.8 Å². The zero-order valence-electron chi connectivity index (χ0n) is 14.5. The molecule has 24 heavy (non-hydrogen) atoms. The minimum Gasteiger partial charge on any atom is -0.457 e. The van der Waals surface area contributed by atoms with E-state index in [-0.39, 0.29) is 5.97 Å². The molecule has 0 saturated carbocycles. The zero-order chi connectivity index (χ0) is 17.4. The fraction of sp³-hybridized carbons (Fsp3) is 0.227. The smallest absolute Gasteiger partial charge is 0.331 e. The maximum absolute atomic E-state index is 11.9. The first-order valence-corrected chi connectivity index (χ1v) is 8.24. The second-order valence-corrected chi connectivity index (χ2v) is 6.21. The molecule has 0 radical (unpaired) electrons. The summed E-state index contributed by atoms with van der Waals surface area (Å²) in [6, 6.07) is 20.3.